The number of nitrogens with two attached hydrogens (primary N) is 1. The zero-order valence-corrected chi connectivity index (χ0v) is 11.6. The topological polar surface area (TPSA) is 75.8 Å². The van der Waals surface area contributed by atoms with Crippen LogP contribution in [0.25, 0.3) is 0 Å². The van der Waals surface area contributed by atoms with Crippen molar-refractivity contribution in [1.29, 1.82) is 0 Å². The number of nitrogens with zero attached hydrogens (tertiary/aromatic N) is 1. The van der Waals surface area contributed by atoms with E-state index in [0.29, 0.717) is 30.1 Å². The maximum atomic E-state index is 12.0. The van der Waals surface area contributed by atoms with Crippen LogP contribution >= 0.6 is 0 Å². The van der Waals surface area contributed by atoms with Crippen LogP contribution in [0.1, 0.15) is 30.6 Å². The summed E-state index contributed by atoms with van der Waals surface area (Å²) in [6, 6.07) is 5.18. The molecular weight excluding hydrogens is 244 g/mol. The molecule has 3 N–H and O–H groups in total. The number of hydrogen-bond acceptors (Lipinski definition) is 5. The fourth-order valence-electron chi connectivity index (χ4n) is 2.01. The SMILES string of the molecule is CCCN(CCO)c1c(N)cccc1C(=O)OCC. The molecule has 0 unspecified atom stereocenters. The molecule has 0 aliphatic carbocycles. The number of anilines is 2. The van der Waals surface area contributed by atoms with E-state index < -0.39 is 0 Å². The Labute approximate surface area is 114 Å². The van der Waals surface area contributed by atoms with Gasteiger partial charge in [0.15, 0.2) is 0 Å². The monoisotopic (exact) mass is 266 g/mol. The first-order valence-corrected chi connectivity index (χ1v) is 6.57. The number of carbonyl (C=O) groups excluding carboxylic acids is 1. The summed E-state index contributed by atoms with van der Waals surface area (Å²) in [6.45, 7) is 5.29. The van der Waals surface area contributed by atoms with E-state index in [1.54, 1.807) is 25.1 Å². The number of hydrogen-bond donors (Lipinski definition) is 2. The maximum absolute atomic E-state index is 12.0. The van der Waals surface area contributed by atoms with Crippen molar-refractivity contribution in [1.82, 2.24) is 0 Å². The summed E-state index contributed by atoms with van der Waals surface area (Å²) in [7, 11) is 0. The van der Waals surface area contributed by atoms with Gasteiger partial charge in [-0.2, -0.15) is 0 Å². The average molecular weight is 266 g/mol. The van der Waals surface area contributed by atoms with Crippen LogP contribution in [0.3, 0.4) is 0 Å². The second-order valence-corrected chi connectivity index (χ2v) is 4.17. The lowest BCUT2D eigenvalue weighted by Crippen LogP contribution is -2.30. The Balaban J connectivity index is 3.17. The van der Waals surface area contributed by atoms with Crippen molar-refractivity contribution in [2.24, 2.45) is 0 Å². The summed E-state index contributed by atoms with van der Waals surface area (Å²) >= 11 is 0. The molecule has 19 heavy (non-hydrogen) atoms. The molecule has 1 rings (SSSR count). The normalized spacial score (nSPS) is 10.3. The molecule has 1 aromatic carbocycles. The quantitative estimate of drug-likeness (QED) is 0.580. The highest BCUT2D eigenvalue weighted by molar-refractivity contribution is 5.99. The summed E-state index contributed by atoms with van der Waals surface area (Å²) in [5, 5.41) is 9.15. The van der Waals surface area contributed by atoms with Crippen molar-refractivity contribution in [2.75, 3.05) is 36.9 Å². The van der Waals surface area contributed by atoms with E-state index in [2.05, 4.69) is 0 Å². The Morgan fingerprint density at radius 3 is 2.68 bits per heavy atom. The third-order valence-electron chi connectivity index (χ3n) is 2.74. The largest absolute Gasteiger partial charge is 0.462 e. The van der Waals surface area contributed by atoms with Crippen molar-refractivity contribution in [3.05, 3.63) is 23.8 Å². The lowest BCUT2D eigenvalue weighted by atomic mass is 10.1. The van der Waals surface area contributed by atoms with Crippen molar-refractivity contribution in [3.8, 4) is 0 Å². The van der Waals surface area contributed by atoms with Crippen LogP contribution < -0.4 is 10.6 Å². The van der Waals surface area contributed by atoms with E-state index in [9.17, 15) is 4.79 Å². The van der Waals surface area contributed by atoms with Crippen LogP contribution in [0.5, 0.6) is 0 Å². The zero-order valence-electron chi connectivity index (χ0n) is 11.6. The number of aliphatic hydroxyl groups is 1. The van der Waals surface area contributed by atoms with Crippen LogP contribution in [0.15, 0.2) is 18.2 Å². The Morgan fingerprint density at radius 1 is 1.37 bits per heavy atom. The van der Waals surface area contributed by atoms with Gasteiger partial charge in [-0.15, -0.1) is 0 Å². The number of ether oxygens (including phenoxy) is 1. The molecule has 0 bridgehead atoms. The molecule has 0 saturated heterocycles. The van der Waals surface area contributed by atoms with Crippen molar-refractivity contribution >= 4 is 17.3 Å². The highest BCUT2D eigenvalue weighted by Crippen LogP contribution is 2.28. The van der Waals surface area contributed by atoms with Crippen LogP contribution in [0.2, 0.25) is 0 Å². The van der Waals surface area contributed by atoms with Gasteiger partial charge in [0, 0.05) is 13.1 Å². The minimum Gasteiger partial charge on any atom is -0.462 e. The predicted octanol–water partition coefficient (Wildman–Crippen LogP) is 1.65. The van der Waals surface area contributed by atoms with Gasteiger partial charge in [0.05, 0.1) is 30.2 Å². The molecule has 0 radical (unpaired) electrons. The molecule has 0 aliphatic rings. The van der Waals surface area contributed by atoms with Gasteiger partial charge < -0.3 is 20.5 Å². The van der Waals surface area contributed by atoms with Gasteiger partial charge in [-0.05, 0) is 25.5 Å². The van der Waals surface area contributed by atoms with Gasteiger partial charge in [-0.25, -0.2) is 4.79 Å². The molecule has 0 saturated carbocycles. The first-order chi connectivity index (χ1) is 9.15. The van der Waals surface area contributed by atoms with Gasteiger partial charge in [0.1, 0.15) is 0 Å². The number of rotatable bonds is 7. The Bertz CT molecular complexity index is 415. The van der Waals surface area contributed by atoms with Crippen molar-refractivity contribution in [3.63, 3.8) is 0 Å². The first kappa shape index (κ1) is 15.3. The molecule has 0 aromatic heterocycles. The molecule has 0 amide bonds. The van der Waals surface area contributed by atoms with Gasteiger partial charge >= 0.3 is 5.97 Å². The van der Waals surface area contributed by atoms with Gasteiger partial charge in [-0.3, -0.25) is 0 Å². The molecule has 0 fully saturated rings. The molecule has 0 aliphatic heterocycles. The van der Waals surface area contributed by atoms with Crippen molar-refractivity contribution < 1.29 is 14.6 Å². The summed E-state index contributed by atoms with van der Waals surface area (Å²) in [4.78, 5) is 13.9. The molecule has 0 spiro atoms. The molecule has 0 heterocycles. The Kier molecular flexibility index (Phi) is 6.15. The third-order valence-corrected chi connectivity index (χ3v) is 2.74. The second kappa shape index (κ2) is 7.63. The molecule has 106 valence electrons. The highest BCUT2D eigenvalue weighted by atomic mass is 16.5. The van der Waals surface area contributed by atoms with E-state index in [0.717, 1.165) is 13.0 Å². The Morgan fingerprint density at radius 2 is 2.11 bits per heavy atom. The molecule has 5 heteroatoms. The fraction of sp³-hybridized carbons (Fsp3) is 0.500. The summed E-state index contributed by atoms with van der Waals surface area (Å²) in [5.74, 6) is -0.385. The number of para-hydroxylation sites is 1. The second-order valence-electron chi connectivity index (χ2n) is 4.17. The van der Waals surface area contributed by atoms with E-state index in [1.807, 2.05) is 11.8 Å². The van der Waals surface area contributed by atoms with E-state index in [4.69, 9.17) is 15.6 Å². The zero-order chi connectivity index (χ0) is 14.3. The van der Waals surface area contributed by atoms with Gasteiger partial charge in [0.2, 0.25) is 0 Å². The predicted molar refractivity (Wildman–Crippen MR) is 76.4 cm³/mol. The van der Waals surface area contributed by atoms with Gasteiger partial charge in [-0.1, -0.05) is 13.0 Å². The lowest BCUT2D eigenvalue weighted by Gasteiger charge is -2.26. The highest BCUT2D eigenvalue weighted by Gasteiger charge is 2.19. The number of esters is 1. The lowest BCUT2D eigenvalue weighted by molar-refractivity contribution is 0.0527. The summed E-state index contributed by atoms with van der Waals surface area (Å²) in [5.41, 5.74) is 7.60. The van der Waals surface area contributed by atoms with Gasteiger partial charge in [0.25, 0.3) is 0 Å². The molecule has 0 atom stereocenters. The summed E-state index contributed by atoms with van der Waals surface area (Å²) in [6.07, 6.45) is 0.899. The minimum atomic E-state index is -0.385. The number of carbonyl (C=O) groups is 1. The van der Waals surface area contributed by atoms with E-state index in [-0.39, 0.29) is 12.6 Å². The fourth-order valence-corrected chi connectivity index (χ4v) is 2.01. The van der Waals surface area contributed by atoms with Crippen molar-refractivity contribution in [2.45, 2.75) is 20.3 Å². The van der Waals surface area contributed by atoms with E-state index in [1.165, 1.54) is 0 Å². The Hall–Kier alpha value is -1.75. The smallest absolute Gasteiger partial charge is 0.340 e. The third kappa shape index (κ3) is 3.86. The first-order valence-electron chi connectivity index (χ1n) is 6.57. The van der Waals surface area contributed by atoms with Crippen LogP contribution in [-0.4, -0.2) is 37.4 Å². The number of aliphatic hydroxyl groups excluding tert-OH is 1. The molecule has 1 aromatic rings. The van der Waals surface area contributed by atoms with Crippen LogP contribution in [0.4, 0.5) is 11.4 Å². The molecular formula is C14H22N2O3. The summed E-state index contributed by atoms with van der Waals surface area (Å²) < 4.78 is 5.05. The minimum absolute atomic E-state index is 0.0105. The number of benzene rings is 1. The molecule has 5 nitrogen and oxygen atoms in total. The van der Waals surface area contributed by atoms with Crippen LogP contribution in [0, 0.1) is 0 Å². The maximum Gasteiger partial charge on any atom is 0.340 e. The standard InChI is InChI=1S/C14H22N2O3/c1-3-8-16(9-10-17)13-11(14(18)19-4-2)6-5-7-12(13)15/h5-7,17H,3-4,8-10,15H2,1-2H3. The van der Waals surface area contributed by atoms with E-state index >= 15 is 0 Å². The average Bonchev–Trinajstić information content (AvgIpc) is 2.38. The van der Waals surface area contributed by atoms with Crippen LogP contribution in [-0.2, 0) is 4.74 Å². The number of nitrogen functional groups attached to an aromatic ring is 1.